The quantitative estimate of drug-likeness (QED) is 0.0923. The van der Waals surface area contributed by atoms with Crippen molar-refractivity contribution in [1.29, 1.82) is 0 Å². The third kappa shape index (κ3) is 8.72. The molecule has 0 aromatic carbocycles. The van der Waals surface area contributed by atoms with Crippen LogP contribution in [0.5, 0.6) is 0 Å². The molecule has 15 unspecified atom stereocenters. The summed E-state index contributed by atoms with van der Waals surface area (Å²) in [6.45, 7) is 0.0525. The molecule has 25 atom stereocenters. The number of hydrogen-bond acceptors (Lipinski definition) is 24. The highest BCUT2D eigenvalue weighted by Crippen LogP contribution is 2.36. The lowest BCUT2D eigenvalue weighted by molar-refractivity contribution is -0.397. The Kier molecular flexibility index (Phi) is 15.0. The van der Waals surface area contributed by atoms with Gasteiger partial charge in [0.2, 0.25) is 0 Å². The number of rotatable bonds is 11. The Morgan fingerprint density at radius 1 is 0.389 bits per heavy atom. The lowest BCUT2D eigenvalue weighted by atomic mass is 9.94. The summed E-state index contributed by atoms with van der Waals surface area (Å²) < 4.78 is 51.4. The summed E-state index contributed by atoms with van der Waals surface area (Å²) in [5, 5.41) is 146. The molecule has 5 rings (SSSR count). The van der Waals surface area contributed by atoms with Crippen LogP contribution in [0, 0.1) is 0 Å². The van der Waals surface area contributed by atoms with Crippen LogP contribution in [0.25, 0.3) is 0 Å². The Morgan fingerprint density at radius 2 is 0.833 bits per heavy atom. The Morgan fingerprint density at radius 3 is 1.35 bits per heavy atom. The van der Waals surface area contributed by atoms with Gasteiger partial charge in [-0.2, -0.15) is 0 Å². The van der Waals surface area contributed by atoms with Crippen molar-refractivity contribution in [1.82, 2.24) is 0 Å². The van der Waals surface area contributed by atoms with Crippen molar-refractivity contribution in [3.05, 3.63) is 0 Å². The van der Waals surface area contributed by atoms with Gasteiger partial charge in [0.1, 0.15) is 104 Å². The minimum absolute atomic E-state index is 0.812. The molecule has 0 aliphatic carbocycles. The molecule has 0 aromatic heterocycles. The van der Waals surface area contributed by atoms with Gasteiger partial charge in [0.15, 0.2) is 31.5 Å². The van der Waals surface area contributed by atoms with Crippen molar-refractivity contribution < 1.29 is 114 Å². The predicted molar refractivity (Wildman–Crippen MR) is 166 cm³/mol. The van der Waals surface area contributed by atoms with Crippen molar-refractivity contribution in [2.24, 2.45) is 5.73 Å². The highest BCUT2D eigenvalue weighted by Gasteiger charge is 2.57. The van der Waals surface area contributed by atoms with Crippen LogP contribution in [0.2, 0.25) is 0 Å². The van der Waals surface area contributed by atoms with Crippen LogP contribution in [0.1, 0.15) is 13.8 Å². The predicted octanol–water partition coefficient (Wildman–Crippen LogP) is -9.90. The molecule has 0 saturated carbocycles. The summed E-state index contributed by atoms with van der Waals surface area (Å²) in [5.41, 5.74) is 6.56. The lowest BCUT2D eigenvalue weighted by Gasteiger charge is -2.51. The molecule has 0 bridgehead atoms. The first-order valence-electron chi connectivity index (χ1n) is 17.4. The van der Waals surface area contributed by atoms with E-state index in [0.717, 1.165) is 0 Å². The molecular weight excluding hydrogens is 742 g/mol. The minimum Gasteiger partial charge on any atom is -0.394 e. The molecule has 24 heteroatoms. The topological polar surface area (TPSA) is 392 Å². The average molecular weight is 796 g/mol. The number of ether oxygens (including phenoxy) is 9. The molecule has 0 radical (unpaired) electrons. The summed E-state index contributed by atoms with van der Waals surface area (Å²) in [4.78, 5) is 0. The van der Waals surface area contributed by atoms with Crippen LogP contribution in [-0.4, -0.2) is 245 Å². The second-order valence-corrected chi connectivity index (χ2v) is 14.0. The molecule has 5 aliphatic heterocycles. The zero-order valence-corrected chi connectivity index (χ0v) is 29.1. The summed E-state index contributed by atoms with van der Waals surface area (Å²) in [6, 6.07) is -1.65. The molecule has 54 heavy (non-hydrogen) atoms. The third-order valence-corrected chi connectivity index (χ3v) is 10.3. The van der Waals surface area contributed by atoms with E-state index in [4.69, 9.17) is 48.4 Å². The normalized spacial score (nSPS) is 54.7. The van der Waals surface area contributed by atoms with E-state index in [9.17, 15) is 71.5 Å². The second-order valence-electron chi connectivity index (χ2n) is 14.0. The van der Waals surface area contributed by atoms with Gasteiger partial charge in [-0.15, -0.1) is 0 Å². The number of hydrogen-bond donors (Lipinski definition) is 15. The summed E-state index contributed by atoms with van der Waals surface area (Å²) >= 11 is 0. The van der Waals surface area contributed by atoms with E-state index in [2.05, 4.69) is 0 Å². The van der Waals surface area contributed by atoms with Crippen LogP contribution in [-0.2, 0) is 42.6 Å². The summed E-state index contributed by atoms with van der Waals surface area (Å²) in [7, 11) is 0. The number of aliphatic hydroxyl groups is 14. The van der Waals surface area contributed by atoms with Gasteiger partial charge in [-0.25, -0.2) is 0 Å². The van der Waals surface area contributed by atoms with E-state index >= 15 is 0 Å². The average Bonchev–Trinajstić information content (AvgIpc) is 3.15. The SMILES string of the molecule is CC1O[C@@H](OC2C(O)[C@@H](O)C(CO)O[C@H]2O[C@H]2C(CO)O[C@@H](OC3C(O)[C@H](O)OC(CO)[C@@H]3O)C(N)C2O[C@@H]2OC(C)[C@@H](O)C(O)C2O)C(O)C(O)[C@@H]1O. The summed E-state index contributed by atoms with van der Waals surface area (Å²) in [6.07, 6.45) is -41.1. The fourth-order valence-corrected chi connectivity index (χ4v) is 6.94. The first-order chi connectivity index (χ1) is 25.4. The summed E-state index contributed by atoms with van der Waals surface area (Å²) in [5.74, 6) is 0. The highest BCUT2D eigenvalue weighted by molar-refractivity contribution is 5.00. The molecule has 5 saturated heterocycles. The van der Waals surface area contributed by atoms with Gasteiger partial charge in [-0.3, -0.25) is 0 Å². The number of nitrogens with two attached hydrogens (primary N) is 1. The van der Waals surface area contributed by atoms with E-state index in [0.29, 0.717) is 0 Å². The third-order valence-electron chi connectivity index (χ3n) is 10.3. The van der Waals surface area contributed by atoms with Crippen molar-refractivity contribution >= 4 is 0 Å². The van der Waals surface area contributed by atoms with Gasteiger partial charge >= 0.3 is 0 Å². The Labute approximate surface area is 307 Å². The molecule has 24 nitrogen and oxygen atoms in total. The molecule has 0 spiro atoms. The van der Waals surface area contributed by atoms with Gasteiger partial charge in [0.05, 0.1) is 38.1 Å². The fraction of sp³-hybridized carbons (Fsp3) is 1.00. The van der Waals surface area contributed by atoms with Gasteiger partial charge in [0, 0.05) is 0 Å². The van der Waals surface area contributed by atoms with Crippen molar-refractivity contribution in [3.63, 3.8) is 0 Å². The number of aliphatic hydroxyl groups excluding tert-OH is 14. The van der Waals surface area contributed by atoms with Gasteiger partial charge in [0.25, 0.3) is 0 Å². The molecule has 5 heterocycles. The monoisotopic (exact) mass is 795 g/mol. The van der Waals surface area contributed by atoms with E-state index < -0.39 is 173 Å². The van der Waals surface area contributed by atoms with Crippen LogP contribution in [0.15, 0.2) is 0 Å². The lowest BCUT2D eigenvalue weighted by Crippen LogP contribution is -2.70. The zero-order chi connectivity index (χ0) is 39.9. The van der Waals surface area contributed by atoms with E-state index in [1.807, 2.05) is 0 Å². The Hall–Kier alpha value is -0.960. The Balaban J connectivity index is 1.47. The van der Waals surface area contributed by atoms with Crippen molar-refractivity contribution in [2.75, 3.05) is 19.8 Å². The van der Waals surface area contributed by atoms with Crippen LogP contribution in [0.3, 0.4) is 0 Å². The first kappa shape index (κ1) is 44.1. The molecule has 5 fully saturated rings. The van der Waals surface area contributed by atoms with E-state index in [1.54, 1.807) is 0 Å². The maximum Gasteiger partial charge on any atom is 0.187 e. The molecular formula is C30H53NO23. The van der Waals surface area contributed by atoms with Crippen LogP contribution in [0.4, 0.5) is 0 Å². The van der Waals surface area contributed by atoms with Crippen molar-refractivity contribution in [3.8, 4) is 0 Å². The molecule has 0 amide bonds. The fourth-order valence-electron chi connectivity index (χ4n) is 6.94. The van der Waals surface area contributed by atoms with Gasteiger partial charge in [-0.1, -0.05) is 0 Å². The minimum atomic E-state index is -1.97. The highest BCUT2D eigenvalue weighted by atomic mass is 16.8. The second kappa shape index (κ2) is 18.3. The molecule has 0 aromatic rings. The smallest absolute Gasteiger partial charge is 0.187 e. The van der Waals surface area contributed by atoms with Crippen LogP contribution < -0.4 is 5.73 Å². The largest absolute Gasteiger partial charge is 0.394 e. The molecule has 5 aliphatic rings. The standard InChI is InChI=1S/C30H53NO23/c1-6-12(35)16(39)19(42)28(46-6)52-23-11(31)27(53-24-15(38)9(4-33)48-26(45)21(24)44)50-10(5-34)22(23)51-30-25(18(41)14(37)8(3-32)49-30)54-29-20(43)17(40)13(36)7(2)47-29/h6-30,32-45H,3-5,31H2,1-2H3/t6?,7?,8?,9?,10?,11?,12-,13-,14+,15+,16?,17?,18?,19?,20?,21?,22+,23?,24?,25?,26-,27+,28+,29+,30+/m1/s1. The zero-order valence-electron chi connectivity index (χ0n) is 29.1. The van der Waals surface area contributed by atoms with Gasteiger partial charge < -0.3 is 120 Å². The van der Waals surface area contributed by atoms with Crippen molar-refractivity contribution in [2.45, 2.75) is 167 Å². The van der Waals surface area contributed by atoms with E-state index in [-0.39, 0.29) is 0 Å². The van der Waals surface area contributed by atoms with Crippen LogP contribution >= 0.6 is 0 Å². The maximum absolute atomic E-state index is 11.1. The van der Waals surface area contributed by atoms with Gasteiger partial charge in [-0.05, 0) is 13.8 Å². The maximum atomic E-state index is 11.1. The molecule has 316 valence electrons. The Bertz CT molecular complexity index is 1180. The first-order valence-corrected chi connectivity index (χ1v) is 17.4. The molecule has 16 N–H and O–H groups in total. The van der Waals surface area contributed by atoms with E-state index in [1.165, 1.54) is 13.8 Å².